The van der Waals surface area contributed by atoms with Crippen LogP contribution in [0.2, 0.25) is 10.2 Å². The van der Waals surface area contributed by atoms with E-state index in [1.165, 1.54) is 18.2 Å². The van der Waals surface area contributed by atoms with Gasteiger partial charge in [0, 0.05) is 10.6 Å². The van der Waals surface area contributed by atoms with Gasteiger partial charge >= 0.3 is 6.18 Å². The molecule has 18 heavy (non-hydrogen) atoms. The smallest absolute Gasteiger partial charge is 0.166 e. The summed E-state index contributed by atoms with van der Waals surface area (Å²) in [5.74, 6) is 0. The molecule has 0 saturated heterocycles. The molecule has 2 nitrogen and oxygen atoms in total. The lowest BCUT2D eigenvalue weighted by Gasteiger charge is -2.09. The summed E-state index contributed by atoms with van der Waals surface area (Å²) >= 11 is 11.2. The molecule has 2 aromatic rings. The van der Waals surface area contributed by atoms with E-state index in [4.69, 9.17) is 23.2 Å². The lowest BCUT2D eigenvalue weighted by atomic mass is 10.1. The largest absolute Gasteiger partial charge is 0.416 e. The summed E-state index contributed by atoms with van der Waals surface area (Å²) in [6.07, 6.45) is -4.46. The summed E-state index contributed by atoms with van der Waals surface area (Å²) in [7, 11) is 0. The molecule has 0 aliphatic heterocycles. The molecule has 0 fully saturated rings. The summed E-state index contributed by atoms with van der Waals surface area (Å²) in [6.45, 7) is 0. The first kappa shape index (κ1) is 13.1. The summed E-state index contributed by atoms with van der Waals surface area (Å²) in [5.41, 5.74) is -0.326. The van der Waals surface area contributed by atoms with Crippen LogP contribution in [0.15, 0.2) is 30.3 Å². The topological polar surface area (TPSA) is 25.8 Å². The second-order valence-corrected chi connectivity index (χ2v) is 4.29. The first-order valence-corrected chi connectivity index (χ1v) is 5.49. The molecule has 0 atom stereocenters. The quantitative estimate of drug-likeness (QED) is 0.775. The Kier molecular flexibility index (Phi) is 3.45. The van der Waals surface area contributed by atoms with Gasteiger partial charge in [-0.1, -0.05) is 23.2 Å². The van der Waals surface area contributed by atoms with Crippen molar-refractivity contribution in [2.75, 3.05) is 0 Å². The molecule has 0 spiro atoms. The zero-order valence-corrected chi connectivity index (χ0v) is 10.2. The number of nitrogens with zero attached hydrogens (tertiary/aromatic N) is 2. The predicted octanol–water partition coefficient (Wildman–Crippen LogP) is 4.47. The molecule has 0 saturated carbocycles. The molecular weight excluding hydrogens is 288 g/mol. The van der Waals surface area contributed by atoms with E-state index in [0.29, 0.717) is 0 Å². The highest BCUT2D eigenvalue weighted by Crippen LogP contribution is 2.34. The van der Waals surface area contributed by atoms with Crippen molar-refractivity contribution >= 4 is 23.2 Å². The second-order valence-electron chi connectivity index (χ2n) is 3.47. The van der Waals surface area contributed by atoms with Crippen LogP contribution < -0.4 is 0 Å². The van der Waals surface area contributed by atoms with E-state index in [2.05, 4.69) is 10.2 Å². The van der Waals surface area contributed by atoms with E-state index >= 15 is 0 Å². The molecule has 1 aromatic carbocycles. The van der Waals surface area contributed by atoms with Crippen LogP contribution in [0, 0.1) is 0 Å². The number of halogens is 5. The minimum absolute atomic E-state index is 0.0171. The summed E-state index contributed by atoms with van der Waals surface area (Å²) in [5, 5.41) is 7.42. The van der Waals surface area contributed by atoms with Gasteiger partial charge in [-0.05, 0) is 30.3 Å². The predicted molar refractivity (Wildman–Crippen MR) is 62.5 cm³/mol. The van der Waals surface area contributed by atoms with Crippen LogP contribution in [0.3, 0.4) is 0 Å². The van der Waals surface area contributed by atoms with Crippen molar-refractivity contribution in [3.05, 3.63) is 46.1 Å². The molecule has 0 bridgehead atoms. The van der Waals surface area contributed by atoms with Gasteiger partial charge in [-0.2, -0.15) is 13.2 Å². The minimum atomic E-state index is -4.46. The fourth-order valence-electron chi connectivity index (χ4n) is 1.37. The van der Waals surface area contributed by atoms with Gasteiger partial charge in [0.15, 0.2) is 5.15 Å². The molecule has 7 heteroatoms. The van der Waals surface area contributed by atoms with E-state index in [0.717, 1.165) is 12.1 Å². The van der Waals surface area contributed by atoms with Crippen molar-refractivity contribution in [1.29, 1.82) is 0 Å². The molecule has 1 aromatic heterocycles. The fourth-order valence-corrected chi connectivity index (χ4v) is 1.71. The average molecular weight is 293 g/mol. The lowest BCUT2D eigenvalue weighted by Crippen LogP contribution is -2.05. The Morgan fingerprint density at radius 1 is 0.944 bits per heavy atom. The van der Waals surface area contributed by atoms with Gasteiger partial charge in [-0.25, -0.2) is 0 Å². The number of benzene rings is 1. The first-order valence-electron chi connectivity index (χ1n) is 4.73. The Bertz CT molecular complexity index is 567. The van der Waals surface area contributed by atoms with Gasteiger partial charge < -0.3 is 0 Å². The Labute approximate surface area is 110 Å². The molecular formula is C11H5Cl2F3N2. The number of hydrogen-bond donors (Lipinski definition) is 0. The number of aromatic nitrogens is 2. The van der Waals surface area contributed by atoms with E-state index in [1.807, 2.05) is 0 Å². The molecule has 94 valence electrons. The molecule has 2 rings (SSSR count). The maximum atomic E-state index is 12.6. The van der Waals surface area contributed by atoms with Crippen molar-refractivity contribution in [1.82, 2.24) is 10.2 Å². The molecule has 0 aliphatic rings. The van der Waals surface area contributed by atoms with Gasteiger partial charge in [-0.3, -0.25) is 0 Å². The zero-order chi connectivity index (χ0) is 13.3. The van der Waals surface area contributed by atoms with Crippen LogP contribution in [0.1, 0.15) is 5.56 Å². The maximum Gasteiger partial charge on any atom is 0.416 e. The van der Waals surface area contributed by atoms with Gasteiger partial charge in [0.1, 0.15) is 0 Å². The highest BCUT2D eigenvalue weighted by atomic mass is 35.5. The van der Waals surface area contributed by atoms with Crippen molar-refractivity contribution in [3.8, 4) is 11.3 Å². The molecule has 0 radical (unpaired) electrons. The normalized spacial score (nSPS) is 11.6. The van der Waals surface area contributed by atoms with Crippen LogP contribution in [0.5, 0.6) is 0 Å². The Morgan fingerprint density at radius 3 is 2.22 bits per heavy atom. The second kappa shape index (κ2) is 4.74. The number of hydrogen-bond acceptors (Lipinski definition) is 2. The van der Waals surface area contributed by atoms with Gasteiger partial charge in [0.25, 0.3) is 0 Å². The van der Waals surface area contributed by atoms with Crippen LogP contribution in [-0.2, 0) is 6.18 Å². The van der Waals surface area contributed by atoms with Gasteiger partial charge in [-0.15, -0.1) is 10.2 Å². The summed E-state index contributed by atoms with van der Waals surface area (Å²) in [6, 6.07) is 6.12. The summed E-state index contributed by atoms with van der Waals surface area (Å²) in [4.78, 5) is 0. The highest BCUT2D eigenvalue weighted by Gasteiger charge is 2.31. The van der Waals surface area contributed by atoms with Crippen LogP contribution in [-0.4, -0.2) is 10.2 Å². The van der Waals surface area contributed by atoms with Crippen LogP contribution >= 0.6 is 23.2 Å². The van der Waals surface area contributed by atoms with Crippen molar-refractivity contribution < 1.29 is 13.2 Å². The molecule has 0 aliphatic carbocycles. The summed E-state index contributed by atoms with van der Waals surface area (Å²) < 4.78 is 37.8. The standard InChI is InChI=1S/C11H5Cl2F3N2/c12-8-4-6(3-7(5-8)11(14,15)16)9-1-2-10(13)18-17-9/h1-5H. The van der Waals surface area contributed by atoms with E-state index in [1.54, 1.807) is 0 Å². The van der Waals surface area contributed by atoms with Crippen molar-refractivity contribution in [3.63, 3.8) is 0 Å². The van der Waals surface area contributed by atoms with Crippen molar-refractivity contribution in [2.24, 2.45) is 0 Å². The Hall–Kier alpha value is -1.33. The highest BCUT2D eigenvalue weighted by molar-refractivity contribution is 6.31. The van der Waals surface area contributed by atoms with E-state index in [9.17, 15) is 13.2 Å². The SMILES string of the molecule is FC(F)(F)c1cc(Cl)cc(-c2ccc(Cl)nn2)c1. The first-order chi connectivity index (χ1) is 8.36. The zero-order valence-electron chi connectivity index (χ0n) is 8.67. The fraction of sp³-hybridized carbons (Fsp3) is 0.0909. The number of alkyl halides is 3. The number of rotatable bonds is 1. The van der Waals surface area contributed by atoms with Gasteiger partial charge in [0.2, 0.25) is 0 Å². The van der Waals surface area contributed by atoms with Crippen molar-refractivity contribution in [2.45, 2.75) is 6.18 Å². The third-order valence-electron chi connectivity index (χ3n) is 2.15. The monoisotopic (exact) mass is 292 g/mol. The van der Waals surface area contributed by atoms with Gasteiger partial charge in [0.05, 0.1) is 11.3 Å². The molecule has 1 heterocycles. The average Bonchev–Trinajstić information content (AvgIpc) is 2.28. The molecule has 0 N–H and O–H groups in total. The van der Waals surface area contributed by atoms with E-state index in [-0.39, 0.29) is 21.4 Å². The van der Waals surface area contributed by atoms with E-state index < -0.39 is 11.7 Å². The third kappa shape index (κ3) is 2.91. The molecule has 0 unspecified atom stereocenters. The van der Waals surface area contributed by atoms with Crippen LogP contribution in [0.25, 0.3) is 11.3 Å². The minimum Gasteiger partial charge on any atom is -0.166 e. The third-order valence-corrected chi connectivity index (χ3v) is 2.57. The Morgan fingerprint density at radius 2 is 1.67 bits per heavy atom. The Balaban J connectivity index is 2.52. The molecule has 0 amide bonds. The lowest BCUT2D eigenvalue weighted by molar-refractivity contribution is -0.137. The maximum absolute atomic E-state index is 12.6. The van der Waals surface area contributed by atoms with Crippen LogP contribution in [0.4, 0.5) is 13.2 Å².